The largest absolute Gasteiger partial charge is 0.509 e. The van der Waals surface area contributed by atoms with Crippen molar-refractivity contribution >= 4 is 33.2 Å². The number of benzene rings is 7. The second-order valence-corrected chi connectivity index (χ2v) is 15.9. The van der Waals surface area contributed by atoms with E-state index in [1.807, 2.05) is 36.5 Å². The summed E-state index contributed by atoms with van der Waals surface area (Å²) in [7, 11) is 0. The molecule has 0 amide bonds. The van der Waals surface area contributed by atoms with Gasteiger partial charge in [-0.1, -0.05) is 142 Å². The van der Waals surface area contributed by atoms with Crippen molar-refractivity contribution < 1.29 is 25.8 Å². The predicted molar refractivity (Wildman–Crippen MR) is 242 cm³/mol. The van der Waals surface area contributed by atoms with Crippen LogP contribution in [0.2, 0.25) is 0 Å². The van der Waals surface area contributed by atoms with Gasteiger partial charge in [-0.2, -0.15) is 6.07 Å². The Kier molecular flexibility index (Phi) is 10.5. The van der Waals surface area contributed by atoms with Crippen molar-refractivity contribution in [2.75, 3.05) is 9.80 Å². The molecule has 0 unspecified atom stereocenters. The number of ether oxygens (including phenoxy) is 1. The number of hydrogen-bond donors (Lipinski definition) is 0. The quantitative estimate of drug-likeness (QED) is 0.142. The van der Waals surface area contributed by atoms with E-state index in [4.69, 9.17) is 9.72 Å². The summed E-state index contributed by atoms with van der Waals surface area (Å²) >= 11 is 0. The number of anilines is 2. The smallest absolute Gasteiger partial charge is 0.135 e. The Morgan fingerprint density at radius 2 is 1.15 bits per heavy atom. The second-order valence-electron chi connectivity index (χ2n) is 15.9. The molecule has 1 aliphatic rings. The zero-order chi connectivity index (χ0) is 39.9. The predicted octanol–water partition coefficient (Wildman–Crippen LogP) is 13.9. The maximum Gasteiger partial charge on any atom is 0.135 e. The molecule has 0 spiro atoms. The van der Waals surface area contributed by atoms with E-state index in [2.05, 4.69) is 206 Å². The number of nitrogens with zero attached hydrogens (tertiary/aromatic N) is 4. The summed E-state index contributed by atoms with van der Waals surface area (Å²) in [5.74, 6) is 2.01. The average Bonchev–Trinajstić information content (AvgIpc) is 3.88. The fraction of sp³-hybridized carbons (Fsp3) is 0.0741. The van der Waals surface area contributed by atoms with Crippen LogP contribution in [-0.4, -0.2) is 9.55 Å². The molecule has 0 radical (unpaired) electrons. The number of hydrogen-bond acceptors (Lipinski definition) is 4. The number of fused-ring (bicyclic) bond motifs is 3. The molecule has 7 aromatic carbocycles. The molecule has 10 rings (SSSR count). The first-order chi connectivity index (χ1) is 28.9. The van der Waals surface area contributed by atoms with E-state index in [0.717, 1.165) is 66.9 Å². The second kappa shape index (κ2) is 16.2. The van der Waals surface area contributed by atoms with Gasteiger partial charge in [0.15, 0.2) is 0 Å². The van der Waals surface area contributed by atoms with Gasteiger partial charge in [-0.25, -0.2) is 4.98 Å². The van der Waals surface area contributed by atoms with Gasteiger partial charge in [0.05, 0.1) is 0 Å². The number of pyridine rings is 1. The summed E-state index contributed by atoms with van der Waals surface area (Å²) in [6.45, 7) is 8.96. The third-order valence-corrected chi connectivity index (χ3v) is 10.8. The molecule has 296 valence electrons. The summed E-state index contributed by atoms with van der Waals surface area (Å²) in [5, 5.41) is 2.22. The summed E-state index contributed by atoms with van der Waals surface area (Å²) in [6.07, 6.45) is 4.05. The number of allylic oxidation sites excluding steroid dienone is 1. The van der Waals surface area contributed by atoms with Crippen LogP contribution < -0.4 is 14.5 Å². The third kappa shape index (κ3) is 7.53. The van der Waals surface area contributed by atoms with Gasteiger partial charge in [0, 0.05) is 61.1 Å². The Bertz CT molecular complexity index is 2920. The monoisotopic (exact) mass is 956 g/mol. The molecule has 0 N–H and O–H groups in total. The fourth-order valence-electron chi connectivity index (χ4n) is 7.95. The number of aromatic nitrogens is 2. The summed E-state index contributed by atoms with van der Waals surface area (Å²) in [6, 6.07) is 68.5. The van der Waals surface area contributed by atoms with Crippen molar-refractivity contribution in [2.45, 2.75) is 20.8 Å². The normalized spacial score (nSPS) is 12.8. The summed E-state index contributed by atoms with van der Waals surface area (Å²) < 4.78 is 8.90. The molecule has 0 aliphatic carbocycles. The molecular weight excluding hydrogens is 916 g/mol. The minimum absolute atomic E-state index is 0. The van der Waals surface area contributed by atoms with E-state index >= 15 is 0 Å². The molecule has 60 heavy (non-hydrogen) atoms. The van der Waals surface area contributed by atoms with Crippen molar-refractivity contribution in [1.29, 1.82) is 0 Å². The molecule has 2 aromatic heterocycles. The Balaban J connectivity index is 0.00000462. The van der Waals surface area contributed by atoms with Crippen LogP contribution in [0.5, 0.6) is 11.5 Å². The molecule has 3 heterocycles. The van der Waals surface area contributed by atoms with Crippen LogP contribution in [0.15, 0.2) is 194 Å². The Hall–Kier alpha value is -6.68. The van der Waals surface area contributed by atoms with E-state index < -0.39 is 0 Å². The van der Waals surface area contributed by atoms with Crippen molar-refractivity contribution in [1.82, 2.24) is 9.55 Å². The molecule has 0 atom stereocenters. The van der Waals surface area contributed by atoms with Crippen LogP contribution in [0.1, 0.15) is 20.8 Å². The Labute approximate surface area is 366 Å². The Morgan fingerprint density at radius 3 is 1.77 bits per heavy atom. The molecular formula is C54H41N4OPt-3. The van der Waals surface area contributed by atoms with Gasteiger partial charge in [0.25, 0.3) is 0 Å². The minimum Gasteiger partial charge on any atom is -0.509 e. The summed E-state index contributed by atoms with van der Waals surface area (Å²) in [4.78, 5) is 9.19. The zero-order valence-corrected chi connectivity index (χ0v) is 35.8. The van der Waals surface area contributed by atoms with Gasteiger partial charge in [-0.15, -0.1) is 53.6 Å². The van der Waals surface area contributed by atoms with E-state index in [-0.39, 0.29) is 26.5 Å². The standard InChI is InChI=1S/C54H41N4O.Pt/c1-54(2,3)52-36-56(37-57(52)45-31-41(38-17-7-4-8-18-38)29-42(32-45)39-19-9-5-10-20-39)44-30-43(40-21-11-6-12-22-40)33-47(34-44)59-46-26-27-49-48-23-13-14-24-50(48)58(51(49)35-46)53-25-15-16-28-55-53;/h4-33,36-37H,1-3H3;/q-3;. The minimum atomic E-state index is -0.187. The van der Waals surface area contributed by atoms with Gasteiger partial charge in [-0.3, -0.25) is 0 Å². The first kappa shape index (κ1) is 38.8. The van der Waals surface area contributed by atoms with Crippen LogP contribution >= 0.6 is 0 Å². The average molecular weight is 957 g/mol. The third-order valence-electron chi connectivity index (χ3n) is 10.8. The van der Waals surface area contributed by atoms with Crippen LogP contribution in [0.4, 0.5) is 11.4 Å². The van der Waals surface area contributed by atoms with E-state index in [1.54, 1.807) is 0 Å². The molecule has 0 fully saturated rings. The first-order valence-corrected chi connectivity index (χ1v) is 19.9. The van der Waals surface area contributed by atoms with E-state index in [1.165, 1.54) is 11.1 Å². The van der Waals surface area contributed by atoms with Crippen molar-refractivity contribution in [2.24, 2.45) is 5.41 Å². The van der Waals surface area contributed by atoms with Crippen molar-refractivity contribution in [3.8, 4) is 50.7 Å². The molecule has 6 heteroatoms. The van der Waals surface area contributed by atoms with E-state index in [0.29, 0.717) is 11.5 Å². The molecule has 1 aliphatic heterocycles. The van der Waals surface area contributed by atoms with Gasteiger partial charge < -0.3 is 19.1 Å². The van der Waals surface area contributed by atoms with Crippen LogP contribution in [0, 0.1) is 24.2 Å². The van der Waals surface area contributed by atoms with Crippen molar-refractivity contribution in [3.63, 3.8) is 0 Å². The zero-order valence-electron chi connectivity index (χ0n) is 33.5. The summed E-state index contributed by atoms with van der Waals surface area (Å²) in [5.41, 5.74) is 11.6. The van der Waals surface area contributed by atoms with Gasteiger partial charge in [0.2, 0.25) is 0 Å². The topological polar surface area (TPSA) is 33.5 Å². The van der Waals surface area contributed by atoms with Crippen molar-refractivity contribution in [3.05, 3.63) is 213 Å². The van der Waals surface area contributed by atoms with Crippen LogP contribution in [0.3, 0.4) is 0 Å². The fourth-order valence-corrected chi connectivity index (χ4v) is 7.95. The van der Waals surface area contributed by atoms with Gasteiger partial charge >= 0.3 is 0 Å². The molecule has 0 saturated heterocycles. The molecule has 9 aromatic rings. The van der Waals surface area contributed by atoms with Crippen LogP contribution in [0.25, 0.3) is 61.0 Å². The molecule has 0 bridgehead atoms. The van der Waals surface area contributed by atoms with Gasteiger partial charge in [0.1, 0.15) is 5.82 Å². The maximum atomic E-state index is 6.75. The number of para-hydroxylation sites is 1. The van der Waals surface area contributed by atoms with Crippen LogP contribution in [-0.2, 0) is 21.1 Å². The molecule has 0 saturated carbocycles. The molecule has 5 nitrogen and oxygen atoms in total. The van der Waals surface area contributed by atoms with Gasteiger partial charge in [-0.05, 0) is 75.8 Å². The Morgan fingerprint density at radius 1 is 0.550 bits per heavy atom. The first-order valence-electron chi connectivity index (χ1n) is 19.9. The maximum absolute atomic E-state index is 6.75. The number of rotatable bonds is 8. The van der Waals surface area contributed by atoms with E-state index in [9.17, 15) is 0 Å². The SMILES string of the molecule is CC(C)(C)C1=CN(c2[c-]c(Oc3[c-]c4c(cc3)c3ccccc3n4-c3ccccn3)cc(-c3ccccc3)c2)[CH-]N1c1cc(-c2ccccc2)cc(-c2ccccc2)c1.[Pt].